The zero-order valence-electron chi connectivity index (χ0n) is 20.1. The summed E-state index contributed by atoms with van der Waals surface area (Å²) in [6.07, 6.45) is -2.33. The molecule has 0 atom stereocenters. The first-order valence-electron chi connectivity index (χ1n) is 12.1. The minimum Gasteiger partial charge on any atom is -0.371 e. The highest BCUT2D eigenvalue weighted by Gasteiger charge is 2.40. The van der Waals surface area contributed by atoms with Crippen molar-refractivity contribution in [1.29, 1.82) is 0 Å². The lowest BCUT2D eigenvalue weighted by molar-refractivity contribution is -0.137. The van der Waals surface area contributed by atoms with Crippen LogP contribution in [0.4, 0.5) is 13.2 Å². The molecule has 3 amide bonds. The highest BCUT2D eigenvalue weighted by molar-refractivity contribution is 5.96. The number of aliphatic hydroxyl groups is 1. The van der Waals surface area contributed by atoms with Gasteiger partial charge in [0.25, 0.3) is 11.8 Å². The summed E-state index contributed by atoms with van der Waals surface area (Å²) in [5.41, 5.74) is -1.86. The number of nitrogens with zero attached hydrogens (tertiary/aromatic N) is 1. The average molecular weight is 519 g/mol. The van der Waals surface area contributed by atoms with Crippen LogP contribution in [0.15, 0.2) is 54.6 Å². The Morgan fingerprint density at radius 3 is 2.24 bits per heavy atom. The minimum absolute atomic E-state index is 0.100. The van der Waals surface area contributed by atoms with Gasteiger partial charge in [0.05, 0.1) is 18.2 Å². The Morgan fingerprint density at radius 1 is 0.946 bits per heavy atom. The van der Waals surface area contributed by atoms with Gasteiger partial charge < -0.3 is 21.1 Å². The van der Waals surface area contributed by atoms with Gasteiger partial charge in [-0.3, -0.25) is 19.3 Å². The summed E-state index contributed by atoms with van der Waals surface area (Å²) >= 11 is 0. The summed E-state index contributed by atoms with van der Waals surface area (Å²) in [5, 5.41) is 18.7. The van der Waals surface area contributed by atoms with E-state index in [4.69, 9.17) is 0 Å². The second-order valence-corrected chi connectivity index (χ2v) is 9.56. The zero-order valence-corrected chi connectivity index (χ0v) is 20.1. The predicted molar refractivity (Wildman–Crippen MR) is 128 cm³/mol. The molecule has 0 spiro atoms. The second kappa shape index (κ2) is 10.9. The molecule has 0 aromatic heterocycles. The number of benzene rings is 2. The number of nitrogens with one attached hydrogen (secondary N) is 3. The SMILES string of the molecule is O=C(CNC(=O)c1cccc(C(F)(F)F)c1)NC1CN(C2CCC(O)(NC(=O)c3ccccc3)CC2)C1. The van der Waals surface area contributed by atoms with E-state index in [2.05, 4.69) is 20.9 Å². The standard InChI is InChI=1S/C26H29F3N4O4/c27-26(28,29)19-8-4-7-18(13-19)23(35)30-14-22(34)31-20-15-33(16-20)21-9-11-25(37,12-10-21)32-24(36)17-5-2-1-3-6-17/h1-8,13,20-21,37H,9-12,14-16H2,(H,30,35)(H,31,34)(H,32,36). The lowest BCUT2D eigenvalue weighted by Crippen LogP contribution is -2.64. The number of hydrogen-bond acceptors (Lipinski definition) is 5. The second-order valence-electron chi connectivity index (χ2n) is 9.56. The van der Waals surface area contributed by atoms with Crippen LogP contribution < -0.4 is 16.0 Å². The molecular formula is C26H29F3N4O4. The molecular weight excluding hydrogens is 489 g/mol. The van der Waals surface area contributed by atoms with E-state index in [-0.39, 0.29) is 30.1 Å². The molecule has 2 aromatic carbocycles. The van der Waals surface area contributed by atoms with Crippen molar-refractivity contribution < 1.29 is 32.7 Å². The fraction of sp³-hybridized carbons (Fsp3) is 0.423. The van der Waals surface area contributed by atoms with Gasteiger partial charge in [0.1, 0.15) is 5.72 Å². The molecule has 37 heavy (non-hydrogen) atoms. The Balaban J connectivity index is 1.15. The Morgan fingerprint density at radius 2 is 1.59 bits per heavy atom. The Hall–Kier alpha value is -3.44. The third-order valence-corrected chi connectivity index (χ3v) is 6.82. The van der Waals surface area contributed by atoms with Crippen LogP contribution in [0.2, 0.25) is 0 Å². The van der Waals surface area contributed by atoms with Crippen molar-refractivity contribution in [3.63, 3.8) is 0 Å². The first-order chi connectivity index (χ1) is 17.5. The van der Waals surface area contributed by atoms with Crippen LogP contribution in [-0.2, 0) is 11.0 Å². The largest absolute Gasteiger partial charge is 0.416 e. The molecule has 1 saturated heterocycles. The number of alkyl halides is 3. The van der Waals surface area contributed by atoms with Gasteiger partial charge in [-0.05, 0) is 56.0 Å². The van der Waals surface area contributed by atoms with E-state index < -0.39 is 29.3 Å². The Labute approximate surface area is 212 Å². The van der Waals surface area contributed by atoms with Gasteiger partial charge in [0, 0.05) is 30.3 Å². The molecule has 2 aromatic rings. The number of amides is 3. The van der Waals surface area contributed by atoms with E-state index in [0.29, 0.717) is 44.3 Å². The van der Waals surface area contributed by atoms with E-state index in [9.17, 15) is 32.7 Å². The summed E-state index contributed by atoms with van der Waals surface area (Å²) in [7, 11) is 0. The third kappa shape index (κ3) is 6.86. The molecule has 0 unspecified atom stereocenters. The monoisotopic (exact) mass is 518 g/mol. The van der Waals surface area contributed by atoms with E-state index in [1.54, 1.807) is 24.3 Å². The molecule has 4 N–H and O–H groups in total. The fourth-order valence-electron chi connectivity index (χ4n) is 4.72. The van der Waals surface area contributed by atoms with Gasteiger partial charge in [0.2, 0.25) is 5.91 Å². The van der Waals surface area contributed by atoms with E-state index >= 15 is 0 Å². The smallest absolute Gasteiger partial charge is 0.371 e. The third-order valence-electron chi connectivity index (χ3n) is 6.82. The molecule has 11 heteroatoms. The first kappa shape index (κ1) is 26.6. The van der Waals surface area contributed by atoms with Crippen LogP contribution in [0.25, 0.3) is 0 Å². The topological polar surface area (TPSA) is 111 Å². The molecule has 8 nitrogen and oxygen atoms in total. The van der Waals surface area contributed by atoms with Crippen molar-refractivity contribution >= 4 is 17.7 Å². The predicted octanol–water partition coefficient (Wildman–Crippen LogP) is 2.30. The lowest BCUT2D eigenvalue weighted by atomic mass is 9.85. The molecule has 0 radical (unpaired) electrons. The van der Waals surface area contributed by atoms with E-state index in [1.807, 2.05) is 6.07 Å². The molecule has 1 aliphatic carbocycles. The van der Waals surface area contributed by atoms with Crippen LogP contribution >= 0.6 is 0 Å². The van der Waals surface area contributed by atoms with Crippen LogP contribution in [-0.4, -0.2) is 65.2 Å². The molecule has 2 aliphatic rings. The number of likely N-dealkylation sites (tertiary alicyclic amines) is 1. The molecule has 1 heterocycles. The lowest BCUT2D eigenvalue weighted by Gasteiger charge is -2.48. The fourth-order valence-corrected chi connectivity index (χ4v) is 4.72. The van der Waals surface area contributed by atoms with Gasteiger partial charge in [-0.1, -0.05) is 24.3 Å². The highest BCUT2D eigenvalue weighted by Crippen LogP contribution is 2.32. The van der Waals surface area contributed by atoms with Crippen molar-refractivity contribution in [2.45, 2.75) is 49.7 Å². The van der Waals surface area contributed by atoms with Crippen LogP contribution in [0, 0.1) is 0 Å². The molecule has 4 rings (SSSR count). The van der Waals surface area contributed by atoms with Crippen molar-refractivity contribution in [3.05, 3.63) is 71.3 Å². The summed E-state index contributed by atoms with van der Waals surface area (Å²) in [5.74, 6) is -1.49. The molecule has 2 fully saturated rings. The van der Waals surface area contributed by atoms with Crippen LogP contribution in [0.1, 0.15) is 52.0 Å². The molecule has 1 saturated carbocycles. The van der Waals surface area contributed by atoms with E-state index in [1.165, 1.54) is 6.07 Å². The maximum Gasteiger partial charge on any atom is 0.416 e. The normalized spacial score (nSPS) is 22.5. The zero-order chi connectivity index (χ0) is 26.6. The highest BCUT2D eigenvalue weighted by atomic mass is 19.4. The summed E-state index contributed by atoms with van der Waals surface area (Å²) in [6.45, 7) is 0.892. The van der Waals surface area contributed by atoms with Crippen LogP contribution in [0.5, 0.6) is 0 Å². The minimum atomic E-state index is -4.56. The van der Waals surface area contributed by atoms with Gasteiger partial charge >= 0.3 is 6.18 Å². The van der Waals surface area contributed by atoms with Gasteiger partial charge in [-0.15, -0.1) is 0 Å². The molecule has 198 valence electrons. The molecule has 0 bridgehead atoms. The summed E-state index contributed by atoms with van der Waals surface area (Å²) in [6, 6.07) is 12.9. The van der Waals surface area contributed by atoms with Crippen molar-refractivity contribution in [1.82, 2.24) is 20.9 Å². The summed E-state index contributed by atoms with van der Waals surface area (Å²) in [4.78, 5) is 38.9. The maximum absolute atomic E-state index is 12.8. The van der Waals surface area contributed by atoms with Gasteiger partial charge in [-0.2, -0.15) is 13.2 Å². The molecule has 1 aliphatic heterocycles. The average Bonchev–Trinajstić information content (AvgIpc) is 2.85. The first-order valence-corrected chi connectivity index (χ1v) is 12.1. The van der Waals surface area contributed by atoms with Crippen LogP contribution in [0.3, 0.4) is 0 Å². The maximum atomic E-state index is 12.8. The number of carbonyl (C=O) groups is 3. The Kier molecular flexibility index (Phi) is 7.84. The van der Waals surface area contributed by atoms with Crippen molar-refractivity contribution in [2.24, 2.45) is 0 Å². The number of carbonyl (C=O) groups excluding carboxylic acids is 3. The number of rotatable bonds is 7. The van der Waals surface area contributed by atoms with Gasteiger partial charge in [-0.25, -0.2) is 0 Å². The van der Waals surface area contributed by atoms with Gasteiger partial charge in [0.15, 0.2) is 0 Å². The van der Waals surface area contributed by atoms with Crippen molar-refractivity contribution in [2.75, 3.05) is 19.6 Å². The number of halogens is 3. The summed E-state index contributed by atoms with van der Waals surface area (Å²) < 4.78 is 38.5. The number of hydrogen-bond donors (Lipinski definition) is 4. The van der Waals surface area contributed by atoms with Crippen molar-refractivity contribution in [3.8, 4) is 0 Å². The quantitative estimate of drug-likeness (QED) is 0.421. The Bertz CT molecular complexity index is 1130. The van der Waals surface area contributed by atoms with E-state index in [0.717, 1.165) is 18.2 Å².